The van der Waals surface area contributed by atoms with E-state index in [9.17, 15) is 4.79 Å². The zero-order chi connectivity index (χ0) is 13.8. The lowest BCUT2D eigenvalue weighted by molar-refractivity contribution is 0.0752. The second kappa shape index (κ2) is 6.23. The second-order valence-corrected chi connectivity index (χ2v) is 5.94. The summed E-state index contributed by atoms with van der Waals surface area (Å²) in [5, 5.41) is 8.72. The summed E-state index contributed by atoms with van der Waals surface area (Å²) in [5.74, 6) is 6.07. The smallest absolute Gasteiger partial charge is 0.264 e. The number of aryl methyl sites for hydroxylation is 1. The first-order valence-electron chi connectivity index (χ1n) is 6.64. The lowest BCUT2D eigenvalue weighted by Gasteiger charge is -2.20. The van der Waals surface area contributed by atoms with E-state index >= 15 is 0 Å². The average molecular weight is 277 g/mol. The molecule has 0 radical (unpaired) electrons. The minimum Gasteiger partial charge on any atom is -0.395 e. The van der Waals surface area contributed by atoms with Gasteiger partial charge in [0.1, 0.15) is 0 Å². The Balaban J connectivity index is 2.16. The number of carbonyl (C=O) groups excluding carboxylic acids is 1. The Labute approximate surface area is 118 Å². The maximum absolute atomic E-state index is 12.4. The number of rotatable bonds is 2. The third kappa shape index (κ3) is 3.17. The number of aliphatic hydroxyl groups excluding tert-OH is 1. The maximum Gasteiger partial charge on any atom is 0.264 e. The lowest BCUT2D eigenvalue weighted by atomic mass is 10.2. The van der Waals surface area contributed by atoms with Crippen LogP contribution in [0.25, 0.3) is 0 Å². The summed E-state index contributed by atoms with van der Waals surface area (Å²) in [6.07, 6.45) is 2.67. The molecule has 0 aliphatic carbocycles. The lowest BCUT2D eigenvalue weighted by Crippen LogP contribution is -2.33. The van der Waals surface area contributed by atoms with Crippen molar-refractivity contribution in [2.45, 2.75) is 39.2 Å². The molecule has 0 bridgehead atoms. The fourth-order valence-electron chi connectivity index (χ4n) is 2.29. The fraction of sp³-hybridized carbons (Fsp3) is 0.533. The molecule has 4 heteroatoms. The molecule has 1 aliphatic rings. The fourth-order valence-corrected chi connectivity index (χ4v) is 3.29. The van der Waals surface area contributed by atoms with Crippen LogP contribution in [0.5, 0.6) is 0 Å². The SMILES string of the molecule is Cc1cc(C(=O)N2CCCC2C)sc1C#CCCO. The summed E-state index contributed by atoms with van der Waals surface area (Å²) in [6, 6.07) is 2.28. The zero-order valence-electron chi connectivity index (χ0n) is 11.4. The molecule has 19 heavy (non-hydrogen) atoms. The van der Waals surface area contributed by atoms with E-state index in [1.165, 1.54) is 11.3 Å². The number of likely N-dealkylation sites (tertiary alicyclic amines) is 1. The molecule has 0 spiro atoms. The number of carbonyl (C=O) groups is 1. The van der Waals surface area contributed by atoms with Gasteiger partial charge in [0, 0.05) is 19.0 Å². The molecule has 1 amide bonds. The molecular formula is C15H19NO2S. The Hall–Kier alpha value is -1.31. The number of hydrogen-bond acceptors (Lipinski definition) is 3. The second-order valence-electron chi connectivity index (χ2n) is 4.89. The summed E-state index contributed by atoms with van der Waals surface area (Å²) in [6.45, 7) is 5.02. The quantitative estimate of drug-likeness (QED) is 0.843. The van der Waals surface area contributed by atoms with E-state index in [-0.39, 0.29) is 12.5 Å². The zero-order valence-corrected chi connectivity index (χ0v) is 12.2. The molecule has 102 valence electrons. The van der Waals surface area contributed by atoms with E-state index < -0.39 is 0 Å². The monoisotopic (exact) mass is 277 g/mol. The van der Waals surface area contributed by atoms with E-state index in [1.807, 2.05) is 17.9 Å². The molecule has 2 rings (SSSR count). The largest absolute Gasteiger partial charge is 0.395 e. The highest BCUT2D eigenvalue weighted by atomic mass is 32.1. The van der Waals surface area contributed by atoms with Crippen LogP contribution in [0, 0.1) is 18.8 Å². The van der Waals surface area contributed by atoms with Crippen LogP contribution in [-0.4, -0.2) is 35.1 Å². The molecule has 1 aromatic heterocycles. The van der Waals surface area contributed by atoms with Crippen molar-refractivity contribution in [3.63, 3.8) is 0 Å². The topological polar surface area (TPSA) is 40.5 Å². The predicted molar refractivity (Wildman–Crippen MR) is 77.4 cm³/mol. The van der Waals surface area contributed by atoms with Gasteiger partial charge < -0.3 is 10.0 Å². The molecule has 3 nitrogen and oxygen atoms in total. The van der Waals surface area contributed by atoms with Gasteiger partial charge in [-0.1, -0.05) is 11.8 Å². The Kier molecular flexibility index (Phi) is 4.62. The molecule has 0 saturated carbocycles. The molecule has 2 heterocycles. The molecule has 1 aliphatic heterocycles. The first-order chi connectivity index (χ1) is 9.13. The summed E-state index contributed by atoms with van der Waals surface area (Å²) in [5.41, 5.74) is 1.05. The summed E-state index contributed by atoms with van der Waals surface area (Å²) in [7, 11) is 0. The van der Waals surface area contributed by atoms with Crippen molar-refractivity contribution in [3.8, 4) is 11.8 Å². The highest BCUT2D eigenvalue weighted by Crippen LogP contribution is 2.26. The van der Waals surface area contributed by atoms with Crippen LogP contribution in [0.4, 0.5) is 0 Å². The van der Waals surface area contributed by atoms with Gasteiger partial charge in [-0.25, -0.2) is 0 Å². The van der Waals surface area contributed by atoms with Crippen molar-refractivity contribution in [2.24, 2.45) is 0 Å². The summed E-state index contributed by atoms with van der Waals surface area (Å²) < 4.78 is 0. The van der Waals surface area contributed by atoms with Gasteiger partial charge in [-0.2, -0.15) is 0 Å². The molecule has 1 atom stereocenters. The summed E-state index contributed by atoms with van der Waals surface area (Å²) in [4.78, 5) is 16.1. The average Bonchev–Trinajstić information content (AvgIpc) is 2.96. The Morgan fingerprint density at radius 1 is 1.63 bits per heavy atom. The van der Waals surface area contributed by atoms with Gasteiger partial charge >= 0.3 is 0 Å². The van der Waals surface area contributed by atoms with E-state index in [2.05, 4.69) is 18.8 Å². The molecule has 0 aromatic carbocycles. The summed E-state index contributed by atoms with van der Waals surface area (Å²) >= 11 is 1.46. The molecule has 1 unspecified atom stereocenters. The van der Waals surface area contributed by atoms with Crippen LogP contribution in [0.1, 0.15) is 46.3 Å². The number of nitrogens with zero attached hydrogens (tertiary/aromatic N) is 1. The normalized spacial score (nSPS) is 18.3. The van der Waals surface area contributed by atoms with Crippen molar-refractivity contribution >= 4 is 17.2 Å². The van der Waals surface area contributed by atoms with Gasteiger partial charge in [-0.15, -0.1) is 11.3 Å². The van der Waals surface area contributed by atoms with Crippen LogP contribution in [0.2, 0.25) is 0 Å². The standard InChI is InChI=1S/C15H19NO2S/c1-11-10-14(19-13(11)7-3-4-9-17)15(18)16-8-5-6-12(16)2/h10,12,17H,4-6,8-9H2,1-2H3. The van der Waals surface area contributed by atoms with Crippen LogP contribution >= 0.6 is 11.3 Å². The van der Waals surface area contributed by atoms with Crippen molar-refractivity contribution in [3.05, 3.63) is 21.4 Å². The van der Waals surface area contributed by atoms with Gasteiger partial charge in [-0.3, -0.25) is 4.79 Å². The van der Waals surface area contributed by atoms with Crippen molar-refractivity contribution in [1.82, 2.24) is 4.90 Å². The number of hydrogen-bond donors (Lipinski definition) is 1. The highest BCUT2D eigenvalue weighted by molar-refractivity contribution is 7.14. The predicted octanol–water partition coefficient (Wildman–Crippen LogP) is 2.41. The molecule has 1 saturated heterocycles. The first kappa shape index (κ1) is 14.1. The van der Waals surface area contributed by atoms with E-state index in [1.54, 1.807) is 0 Å². The van der Waals surface area contributed by atoms with Crippen LogP contribution < -0.4 is 0 Å². The first-order valence-corrected chi connectivity index (χ1v) is 7.46. The Morgan fingerprint density at radius 3 is 3.05 bits per heavy atom. The van der Waals surface area contributed by atoms with Crippen molar-refractivity contribution in [2.75, 3.05) is 13.2 Å². The highest BCUT2D eigenvalue weighted by Gasteiger charge is 2.27. The Bertz CT molecular complexity index is 524. The molecule has 1 fully saturated rings. The third-order valence-corrected chi connectivity index (χ3v) is 4.52. The van der Waals surface area contributed by atoms with Gasteiger partial charge in [0.05, 0.1) is 16.4 Å². The van der Waals surface area contributed by atoms with Gasteiger partial charge in [0.2, 0.25) is 0 Å². The minimum absolute atomic E-state index is 0.0779. The van der Waals surface area contributed by atoms with Crippen LogP contribution in [0.15, 0.2) is 6.07 Å². The van der Waals surface area contributed by atoms with E-state index in [0.717, 1.165) is 34.7 Å². The van der Waals surface area contributed by atoms with Crippen LogP contribution in [0.3, 0.4) is 0 Å². The molecule has 1 N–H and O–H groups in total. The van der Waals surface area contributed by atoms with Gasteiger partial charge in [0.25, 0.3) is 5.91 Å². The van der Waals surface area contributed by atoms with E-state index in [4.69, 9.17) is 5.11 Å². The maximum atomic E-state index is 12.4. The van der Waals surface area contributed by atoms with Crippen molar-refractivity contribution in [1.29, 1.82) is 0 Å². The third-order valence-electron chi connectivity index (χ3n) is 3.38. The minimum atomic E-state index is 0.0779. The number of amides is 1. The Morgan fingerprint density at radius 2 is 2.42 bits per heavy atom. The number of aliphatic hydroxyl groups is 1. The van der Waals surface area contributed by atoms with Gasteiger partial charge in [-0.05, 0) is 38.3 Å². The van der Waals surface area contributed by atoms with Gasteiger partial charge in [0.15, 0.2) is 0 Å². The number of thiophene rings is 1. The van der Waals surface area contributed by atoms with Crippen molar-refractivity contribution < 1.29 is 9.90 Å². The van der Waals surface area contributed by atoms with E-state index in [0.29, 0.717) is 12.5 Å². The van der Waals surface area contributed by atoms with Crippen LogP contribution in [-0.2, 0) is 0 Å². The molecule has 1 aromatic rings. The molecular weight excluding hydrogens is 258 g/mol.